The Morgan fingerprint density at radius 1 is 1.19 bits per heavy atom. The number of carbonyl (C=O) groups is 2. The van der Waals surface area contributed by atoms with Crippen molar-refractivity contribution in [2.24, 2.45) is 0 Å². The van der Waals surface area contributed by atoms with Crippen LogP contribution in [0.2, 0.25) is 0 Å². The molecule has 1 saturated carbocycles. The first-order valence-corrected chi connectivity index (χ1v) is 9.30. The summed E-state index contributed by atoms with van der Waals surface area (Å²) in [6, 6.07) is 5.98. The van der Waals surface area contributed by atoms with Crippen LogP contribution < -0.4 is 5.32 Å². The summed E-state index contributed by atoms with van der Waals surface area (Å²) in [5.74, 6) is -0.159. The first-order chi connectivity index (χ1) is 12.2. The van der Waals surface area contributed by atoms with Gasteiger partial charge in [-0.15, -0.1) is 0 Å². The summed E-state index contributed by atoms with van der Waals surface area (Å²) in [5, 5.41) is 3.05. The number of nitrogens with one attached hydrogen (secondary N) is 1. The topological polar surface area (TPSA) is 58.6 Å². The van der Waals surface area contributed by atoms with Gasteiger partial charge in [0, 0.05) is 18.5 Å². The van der Waals surface area contributed by atoms with Gasteiger partial charge < -0.3 is 10.1 Å². The Morgan fingerprint density at radius 3 is 2.54 bits per heavy atom. The van der Waals surface area contributed by atoms with Crippen molar-refractivity contribution in [3.8, 4) is 0 Å². The van der Waals surface area contributed by atoms with Crippen LogP contribution in [0.15, 0.2) is 24.3 Å². The number of likely N-dealkylation sites (tertiary alicyclic amines) is 1. The van der Waals surface area contributed by atoms with E-state index in [-0.39, 0.29) is 23.7 Å². The molecule has 1 aromatic rings. The minimum absolute atomic E-state index is 0.0513. The maximum atomic E-state index is 13.0. The normalized spacial score (nSPS) is 25.5. The molecule has 0 radical (unpaired) electrons. The van der Waals surface area contributed by atoms with Gasteiger partial charge in [-0.1, -0.05) is 12.1 Å². The van der Waals surface area contributed by atoms with Gasteiger partial charge in [0.05, 0.1) is 0 Å². The van der Waals surface area contributed by atoms with E-state index in [9.17, 15) is 14.0 Å². The van der Waals surface area contributed by atoms with E-state index in [2.05, 4.69) is 5.32 Å². The molecule has 0 unspecified atom stereocenters. The van der Waals surface area contributed by atoms with Crippen molar-refractivity contribution in [1.82, 2.24) is 10.2 Å². The summed E-state index contributed by atoms with van der Waals surface area (Å²) in [6.07, 6.45) is 2.87. The number of ether oxygens (including phenoxy) is 1. The predicted octanol–water partition coefficient (Wildman–Crippen LogP) is 3.59. The molecule has 1 aliphatic heterocycles. The van der Waals surface area contributed by atoms with Crippen molar-refractivity contribution in [1.29, 1.82) is 0 Å². The third-order valence-electron chi connectivity index (χ3n) is 4.85. The summed E-state index contributed by atoms with van der Waals surface area (Å²) in [4.78, 5) is 26.7. The molecule has 26 heavy (non-hydrogen) atoms. The highest BCUT2D eigenvalue weighted by Crippen LogP contribution is 2.41. The average Bonchev–Trinajstić information content (AvgIpc) is 3.33. The summed E-state index contributed by atoms with van der Waals surface area (Å²) in [7, 11) is 0. The van der Waals surface area contributed by atoms with Gasteiger partial charge in [0.2, 0.25) is 5.91 Å². The molecule has 0 aromatic heterocycles. The Morgan fingerprint density at radius 2 is 1.88 bits per heavy atom. The van der Waals surface area contributed by atoms with Crippen molar-refractivity contribution < 1.29 is 18.7 Å². The molecule has 1 saturated heterocycles. The van der Waals surface area contributed by atoms with Crippen LogP contribution in [0.3, 0.4) is 0 Å². The van der Waals surface area contributed by atoms with Crippen LogP contribution in [-0.2, 0) is 9.53 Å². The smallest absolute Gasteiger partial charge is 0.410 e. The summed E-state index contributed by atoms with van der Waals surface area (Å²) < 4.78 is 18.5. The van der Waals surface area contributed by atoms with Crippen molar-refractivity contribution in [3.05, 3.63) is 35.6 Å². The largest absolute Gasteiger partial charge is 0.444 e. The van der Waals surface area contributed by atoms with E-state index < -0.39 is 17.7 Å². The highest BCUT2D eigenvalue weighted by Gasteiger charge is 2.42. The third-order valence-corrected chi connectivity index (χ3v) is 4.85. The minimum Gasteiger partial charge on any atom is -0.444 e. The van der Waals surface area contributed by atoms with E-state index in [4.69, 9.17) is 4.74 Å². The van der Waals surface area contributed by atoms with Gasteiger partial charge in [0.1, 0.15) is 17.5 Å². The number of amides is 2. The second-order valence-corrected chi connectivity index (χ2v) is 8.19. The van der Waals surface area contributed by atoms with Crippen molar-refractivity contribution in [2.45, 2.75) is 70.1 Å². The number of carbonyl (C=O) groups excluding carboxylic acids is 2. The summed E-state index contributed by atoms with van der Waals surface area (Å²) in [6.45, 7) is 6.00. The average molecular weight is 362 g/mol. The first-order valence-electron chi connectivity index (χ1n) is 9.30. The molecule has 3 rings (SSSR count). The van der Waals surface area contributed by atoms with E-state index in [1.165, 1.54) is 12.1 Å². The van der Waals surface area contributed by atoms with Crippen LogP contribution in [0.1, 0.15) is 57.9 Å². The fraction of sp³-hybridized carbons (Fsp3) is 0.600. The van der Waals surface area contributed by atoms with E-state index in [0.29, 0.717) is 13.0 Å². The number of halogens is 1. The lowest BCUT2D eigenvalue weighted by Gasteiger charge is -2.35. The Balaban J connectivity index is 1.59. The fourth-order valence-electron chi connectivity index (χ4n) is 3.46. The fourth-order valence-corrected chi connectivity index (χ4v) is 3.46. The van der Waals surface area contributed by atoms with Gasteiger partial charge in [-0.25, -0.2) is 9.18 Å². The highest BCUT2D eigenvalue weighted by molar-refractivity contribution is 5.86. The maximum Gasteiger partial charge on any atom is 0.410 e. The lowest BCUT2D eigenvalue weighted by Crippen LogP contribution is -2.53. The zero-order chi connectivity index (χ0) is 18.9. The Labute approximate surface area is 153 Å². The molecule has 1 aliphatic carbocycles. The van der Waals surface area contributed by atoms with Crippen molar-refractivity contribution in [3.63, 3.8) is 0 Å². The molecule has 6 heteroatoms. The monoisotopic (exact) mass is 362 g/mol. The van der Waals surface area contributed by atoms with Crippen LogP contribution in [-0.4, -0.2) is 41.1 Å². The molecule has 0 bridgehead atoms. The first kappa shape index (κ1) is 18.7. The molecule has 5 nitrogen and oxygen atoms in total. The molecule has 1 N–H and O–H groups in total. The van der Waals surface area contributed by atoms with Crippen LogP contribution >= 0.6 is 0 Å². The van der Waals surface area contributed by atoms with Gasteiger partial charge >= 0.3 is 6.09 Å². The maximum absolute atomic E-state index is 13.0. The Hall–Kier alpha value is -2.11. The Bertz CT molecular complexity index is 669. The van der Waals surface area contributed by atoms with Crippen molar-refractivity contribution in [2.75, 3.05) is 6.54 Å². The molecule has 1 heterocycles. The SMILES string of the molecule is CC(C)(C)OC(=O)N1CCCC[C@@H]1C(=O)N[C@@H]1C[C@@H]1c1ccc(F)cc1. The second-order valence-electron chi connectivity index (χ2n) is 8.19. The van der Waals surface area contributed by atoms with E-state index in [1.54, 1.807) is 17.0 Å². The molecule has 142 valence electrons. The quantitative estimate of drug-likeness (QED) is 0.894. The van der Waals surface area contributed by atoms with E-state index >= 15 is 0 Å². The van der Waals surface area contributed by atoms with Crippen LogP contribution in [0.4, 0.5) is 9.18 Å². The van der Waals surface area contributed by atoms with Gasteiger partial charge in [0.25, 0.3) is 0 Å². The number of rotatable bonds is 3. The molecule has 0 spiro atoms. The number of benzene rings is 1. The van der Waals surface area contributed by atoms with Gasteiger partial charge in [0.15, 0.2) is 0 Å². The van der Waals surface area contributed by atoms with Crippen molar-refractivity contribution >= 4 is 12.0 Å². The van der Waals surface area contributed by atoms with Crippen LogP contribution in [0, 0.1) is 5.82 Å². The number of nitrogens with zero attached hydrogens (tertiary/aromatic N) is 1. The zero-order valence-electron chi connectivity index (χ0n) is 15.6. The standard InChI is InChI=1S/C20H27FN2O3/c1-20(2,3)26-19(25)23-11-5-4-6-17(23)18(24)22-16-12-15(16)13-7-9-14(21)10-8-13/h7-10,15-17H,4-6,11-12H2,1-3H3,(H,22,24)/t15-,16-,17-/m1/s1. The second kappa shape index (κ2) is 7.25. The van der Waals surface area contributed by atoms with Crippen LogP contribution in [0.25, 0.3) is 0 Å². The van der Waals surface area contributed by atoms with E-state index in [0.717, 1.165) is 24.8 Å². The lowest BCUT2D eigenvalue weighted by atomic mass is 10.0. The zero-order valence-corrected chi connectivity index (χ0v) is 15.6. The van der Waals surface area contributed by atoms with Crippen LogP contribution in [0.5, 0.6) is 0 Å². The molecule has 2 fully saturated rings. The van der Waals surface area contributed by atoms with Gasteiger partial charge in [-0.05, 0) is 64.2 Å². The molecule has 2 aliphatic rings. The minimum atomic E-state index is -0.584. The number of piperidine rings is 1. The number of hydrogen-bond donors (Lipinski definition) is 1. The molecule has 2 amide bonds. The molecule has 3 atom stereocenters. The summed E-state index contributed by atoms with van der Waals surface area (Å²) in [5.41, 5.74) is 0.448. The summed E-state index contributed by atoms with van der Waals surface area (Å²) >= 11 is 0. The third kappa shape index (κ3) is 4.54. The predicted molar refractivity (Wildman–Crippen MR) is 96.3 cm³/mol. The lowest BCUT2D eigenvalue weighted by molar-refractivity contribution is -0.127. The molecular weight excluding hydrogens is 335 g/mol. The van der Waals surface area contributed by atoms with Gasteiger partial charge in [-0.3, -0.25) is 9.69 Å². The highest BCUT2D eigenvalue weighted by atomic mass is 19.1. The Kier molecular flexibility index (Phi) is 5.21. The molecule has 1 aromatic carbocycles. The van der Waals surface area contributed by atoms with E-state index in [1.807, 2.05) is 20.8 Å². The van der Waals surface area contributed by atoms with Gasteiger partial charge in [-0.2, -0.15) is 0 Å². The molecular formula is C20H27FN2O3. The number of hydrogen-bond acceptors (Lipinski definition) is 3.